The molecule has 0 spiro atoms. The lowest BCUT2D eigenvalue weighted by atomic mass is 10.0. The van der Waals surface area contributed by atoms with E-state index in [9.17, 15) is 13.2 Å². The van der Waals surface area contributed by atoms with E-state index in [1.165, 1.54) is 6.26 Å². The number of hydrogen-bond acceptors (Lipinski definition) is 6. The normalized spacial score (nSPS) is 11.7. The Hall–Kier alpha value is -2.49. The van der Waals surface area contributed by atoms with Gasteiger partial charge in [0.25, 0.3) is 0 Å². The number of halogens is 1. The fourth-order valence-corrected chi connectivity index (χ4v) is 4.85. The molecule has 0 radical (unpaired) electrons. The predicted molar refractivity (Wildman–Crippen MR) is 137 cm³/mol. The Kier molecular flexibility index (Phi) is 8.67. The summed E-state index contributed by atoms with van der Waals surface area (Å²) in [6.45, 7) is 8.92. The van der Waals surface area contributed by atoms with E-state index in [1.54, 1.807) is 22.9 Å². The second-order valence-electron chi connectivity index (χ2n) is 8.03. The summed E-state index contributed by atoms with van der Waals surface area (Å²) in [4.78, 5) is 14.9. The van der Waals surface area contributed by atoms with Gasteiger partial charge in [-0.25, -0.2) is 8.42 Å². The molecule has 34 heavy (non-hydrogen) atoms. The van der Waals surface area contributed by atoms with Crippen LogP contribution in [0.15, 0.2) is 57.9 Å². The van der Waals surface area contributed by atoms with Crippen molar-refractivity contribution in [3.63, 3.8) is 0 Å². The molecule has 0 fully saturated rings. The second-order valence-corrected chi connectivity index (χ2v) is 10.8. The molecular weight excluding hydrogens is 518 g/mol. The smallest absolute Gasteiger partial charge is 0.327 e. The zero-order chi connectivity index (χ0) is 24.9. The van der Waals surface area contributed by atoms with Crippen LogP contribution in [-0.2, 0) is 25.9 Å². The van der Waals surface area contributed by atoms with Crippen molar-refractivity contribution >= 4 is 31.7 Å². The Labute approximate surface area is 209 Å². The van der Waals surface area contributed by atoms with Crippen molar-refractivity contribution in [2.75, 3.05) is 32.5 Å². The van der Waals surface area contributed by atoms with Crippen molar-refractivity contribution in [3.05, 3.63) is 58.7 Å². The van der Waals surface area contributed by atoms with E-state index < -0.39 is 9.84 Å². The first kappa shape index (κ1) is 26.1. The molecule has 3 rings (SSSR count). The number of ether oxygens (including phenoxy) is 1. The Morgan fingerprint density at radius 3 is 2.32 bits per heavy atom. The first-order chi connectivity index (χ1) is 16.1. The van der Waals surface area contributed by atoms with Gasteiger partial charge in [-0.2, -0.15) is 5.10 Å². The minimum Gasteiger partial charge on any atom is -0.463 e. The van der Waals surface area contributed by atoms with Gasteiger partial charge in [0.2, 0.25) is 0 Å². The molecule has 1 aromatic heterocycles. The van der Waals surface area contributed by atoms with Crippen LogP contribution >= 0.6 is 15.9 Å². The average molecular weight is 549 g/mol. The Balaban J connectivity index is 1.80. The minimum absolute atomic E-state index is 0.0121. The number of likely N-dealkylation sites (N-methyl/N-ethyl adjacent to an activating group) is 1. The molecule has 7 nitrogen and oxygen atoms in total. The van der Waals surface area contributed by atoms with Gasteiger partial charge in [0.1, 0.15) is 13.2 Å². The first-order valence-corrected chi connectivity index (χ1v) is 13.8. The molecule has 0 saturated heterocycles. The molecule has 182 valence electrons. The van der Waals surface area contributed by atoms with Gasteiger partial charge in [-0.1, -0.05) is 50.2 Å². The molecular formula is C25H30BrN3O4S. The number of aryl methyl sites for hydroxylation is 1. The maximum atomic E-state index is 12.5. The van der Waals surface area contributed by atoms with Crippen molar-refractivity contribution in [2.45, 2.75) is 32.2 Å². The number of carbonyl (C=O) groups excluding carboxylic acids is 1. The zero-order valence-electron chi connectivity index (χ0n) is 19.9. The highest BCUT2D eigenvalue weighted by Crippen LogP contribution is 2.33. The van der Waals surface area contributed by atoms with Gasteiger partial charge in [0.15, 0.2) is 9.84 Å². The number of nitrogens with zero attached hydrogens (tertiary/aromatic N) is 3. The molecule has 0 saturated carbocycles. The molecule has 2 aromatic carbocycles. The van der Waals surface area contributed by atoms with Crippen molar-refractivity contribution in [3.8, 4) is 22.4 Å². The molecule has 1 heterocycles. The van der Waals surface area contributed by atoms with E-state index in [0.29, 0.717) is 13.2 Å². The van der Waals surface area contributed by atoms with Gasteiger partial charge in [0.05, 0.1) is 20.8 Å². The predicted octanol–water partition coefficient (Wildman–Crippen LogP) is 4.58. The molecule has 0 aliphatic carbocycles. The summed E-state index contributed by atoms with van der Waals surface area (Å²) in [7, 11) is -3.28. The highest BCUT2D eigenvalue weighted by molar-refractivity contribution is 9.10. The first-order valence-electron chi connectivity index (χ1n) is 11.2. The third-order valence-corrected chi connectivity index (χ3v) is 7.71. The van der Waals surface area contributed by atoms with Crippen LogP contribution in [0.1, 0.15) is 19.5 Å². The largest absolute Gasteiger partial charge is 0.463 e. The van der Waals surface area contributed by atoms with E-state index in [4.69, 9.17) is 4.74 Å². The van der Waals surface area contributed by atoms with Crippen molar-refractivity contribution in [2.24, 2.45) is 0 Å². The number of esters is 1. The van der Waals surface area contributed by atoms with Crippen LogP contribution in [0.5, 0.6) is 0 Å². The van der Waals surface area contributed by atoms with Crippen LogP contribution < -0.4 is 0 Å². The highest BCUT2D eigenvalue weighted by atomic mass is 79.9. The van der Waals surface area contributed by atoms with Gasteiger partial charge in [-0.15, -0.1) is 0 Å². The quantitative estimate of drug-likeness (QED) is 0.345. The number of rotatable bonds is 10. The van der Waals surface area contributed by atoms with Crippen LogP contribution in [0.3, 0.4) is 0 Å². The van der Waals surface area contributed by atoms with Crippen LogP contribution in [0.4, 0.5) is 0 Å². The number of benzene rings is 2. The summed E-state index contributed by atoms with van der Waals surface area (Å²) in [5.41, 5.74) is 4.15. The summed E-state index contributed by atoms with van der Waals surface area (Å²) >= 11 is 3.60. The Morgan fingerprint density at radius 2 is 1.71 bits per heavy atom. The summed E-state index contributed by atoms with van der Waals surface area (Å²) in [5, 5.41) is 4.51. The summed E-state index contributed by atoms with van der Waals surface area (Å²) < 4.78 is 31.7. The summed E-state index contributed by atoms with van der Waals surface area (Å²) in [6, 6.07) is 14.6. The Morgan fingerprint density at radius 1 is 1.06 bits per heavy atom. The third kappa shape index (κ3) is 6.34. The third-order valence-electron chi connectivity index (χ3n) is 5.65. The second kappa shape index (κ2) is 11.3. The van der Waals surface area contributed by atoms with Gasteiger partial charge in [-0.05, 0) is 59.2 Å². The zero-order valence-corrected chi connectivity index (χ0v) is 22.3. The molecule has 0 unspecified atom stereocenters. The van der Waals surface area contributed by atoms with E-state index in [0.717, 1.165) is 45.6 Å². The minimum atomic E-state index is -3.28. The standard InChI is InChI=1S/C25H30BrN3O4S/c1-5-28(6-2)14-15-33-23(30)17-29-25(24(26)18(3)27-29)20-12-10-19(11-13-20)21-8-7-9-22(16-21)34(4,31)32/h7-13,16H,5-6,14-15,17H2,1-4H3. The number of carbonyl (C=O) groups is 1. The van der Waals surface area contributed by atoms with Crippen LogP contribution in [-0.4, -0.2) is 61.6 Å². The lowest BCUT2D eigenvalue weighted by Crippen LogP contribution is -2.28. The van der Waals surface area contributed by atoms with E-state index in [1.807, 2.05) is 37.3 Å². The molecule has 0 aliphatic heterocycles. The van der Waals surface area contributed by atoms with Crippen molar-refractivity contribution in [1.82, 2.24) is 14.7 Å². The molecule has 0 amide bonds. The van der Waals surface area contributed by atoms with Gasteiger partial charge in [0, 0.05) is 18.4 Å². The van der Waals surface area contributed by atoms with Crippen molar-refractivity contribution < 1.29 is 17.9 Å². The van der Waals surface area contributed by atoms with Gasteiger partial charge < -0.3 is 9.64 Å². The van der Waals surface area contributed by atoms with Crippen LogP contribution in [0, 0.1) is 6.92 Å². The van der Waals surface area contributed by atoms with Gasteiger partial charge >= 0.3 is 5.97 Å². The van der Waals surface area contributed by atoms with Gasteiger partial charge in [-0.3, -0.25) is 9.48 Å². The summed E-state index contributed by atoms with van der Waals surface area (Å²) in [5.74, 6) is -0.336. The fraction of sp³-hybridized carbons (Fsp3) is 0.360. The average Bonchev–Trinajstić information content (AvgIpc) is 3.09. The maximum absolute atomic E-state index is 12.5. The summed E-state index contributed by atoms with van der Waals surface area (Å²) in [6.07, 6.45) is 1.20. The monoisotopic (exact) mass is 547 g/mol. The Bertz CT molecular complexity index is 1250. The fourth-order valence-electron chi connectivity index (χ4n) is 3.67. The van der Waals surface area contributed by atoms with Crippen molar-refractivity contribution in [1.29, 1.82) is 0 Å². The number of hydrogen-bond donors (Lipinski definition) is 0. The molecule has 0 N–H and O–H groups in total. The molecule has 0 bridgehead atoms. The number of aromatic nitrogens is 2. The van der Waals surface area contributed by atoms with E-state index in [2.05, 4.69) is 39.8 Å². The topological polar surface area (TPSA) is 81.5 Å². The highest BCUT2D eigenvalue weighted by Gasteiger charge is 2.18. The number of sulfone groups is 1. The molecule has 9 heteroatoms. The van der Waals surface area contributed by atoms with Crippen LogP contribution in [0.2, 0.25) is 0 Å². The lowest BCUT2D eigenvalue weighted by molar-refractivity contribution is -0.144. The molecule has 3 aromatic rings. The van der Waals surface area contributed by atoms with Crippen LogP contribution in [0.25, 0.3) is 22.4 Å². The molecule has 0 atom stereocenters. The SMILES string of the molecule is CCN(CC)CCOC(=O)Cn1nc(C)c(Br)c1-c1ccc(-c2cccc(S(C)(=O)=O)c2)cc1. The molecule has 0 aliphatic rings. The lowest BCUT2D eigenvalue weighted by Gasteiger charge is -2.17. The van der Waals surface area contributed by atoms with E-state index >= 15 is 0 Å². The maximum Gasteiger partial charge on any atom is 0.327 e. The van der Waals surface area contributed by atoms with E-state index in [-0.39, 0.29) is 17.4 Å².